The van der Waals surface area contributed by atoms with Crippen molar-refractivity contribution in [3.63, 3.8) is 0 Å². The number of guanidine groups is 1. The van der Waals surface area contributed by atoms with Crippen molar-refractivity contribution < 1.29 is 4.79 Å². The maximum absolute atomic E-state index is 13.1. The number of halogens is 3. The summed E-state index contributed by atoms with van der Waals surface area (Å²) in [6.45, 7) is 1.13. The van der Waals surface area contributed by atoms with Crippen molar-refractivity contribution in [3.05, 3.63) is 71.8 Å². The van der Waals surface area contributed by atoms with Crippen molar-refractivity contribution >= 4 is 47.5 Å². The lowest BCUT2D eigenvalue weighted by atomic mass is 9.83. The molecular weight excluding hydrogens is 393 g/mol. The van der Waals surface area contributed by atoms with E-state index in [0.29, 0.717) is 30.8 Å². The molecule has 2 aromatic rings. The number of carbonyl (C=O) groups is 1. The smallest absolute Gasteiger partial charge is 0.264 e. The lowest BCUT2D eigenvalue weighted by Gasteiger charge is -2.24. The van der Waals surface area contributed by atoms with E-state index in [1.807, 2.05) is 65.6 Å². The fourth-order valence-electron chi connectivity index (χ4n) is 3.02. The largest absolute Gasteiger partial charge is 0.340 e. The van der Waals surface area contributed by atoms with E-state index in [2.05, 4.69) is 5.32 Å². The van der Waals surface area contributed by atoms with Gasteiger partial charge in [0.2, 0.25) is 5.96 Å². The number of rotatable bonds is 6. The first-order chi connectivity index (χ1) is 12.2. The predicted octanol–water partition coefficient (Wildman–Crippen LogP) is 3.62. The second-order valence-corrected chi connectivity index (χ2v) is 6.45. The molecule has 1 amide bonds. The highest BCUT2D eigenvalue weighted by Gasteiger charge is 2.47. The molecule has 0 saturated carbocycles. The van der Waals surface area contributed by atoms with Crippen LogP contribution in [0.5, 0.6) is 0 Å². The van der Waals surface area contributed by atoms with E-state index in [9.17, 15) is 4.79 Å². The third-order valence-corrected chi connectivity index (χ3v) is 4.56. The summed E-state index contributed by atoms with van der Waals surface area (Å²) in [5, 5.41) is 2.93. The van der Waals surface area contributed by atoms with E-state index in [4.69, 9.17) is 28.2 Å². The minimum atomic E-state index is -1.10. The van der Waals surface area contributed by atoms with Crippen LogP contribution in [0.15, 0.2) is 65.7 Å². The van der Waals surface area contributed by atoms with E-state index in [0.717, 1.165) is 11.1 Å². The van der Waals surface area contributed by atoms with Gasteiger partial charge in [-0.05, 0) is 11.1 Å². The van der Waals surface area contributed by atoms with Crippen molar-refractivity contribution in [3.8, 4) is 0 Å². The first kappa shape index (κ1) is 20.6. The molecule has 1 aliphatic rings. The summed E-state index contributed by atoms with van der Waals surface area (Å²) in [5.41, 5.74) is 0.546. The highest BCUT2D eigenvalue weighted by molar-refractivity contribution is 6.19. The van der Waals surface area contributed by atoms with E-state index in [1.165, 1.54) is 0 Å². The summed E-state index contributed by atoms with van der Waals surface area (Å²) in [6, 6.07) is 19.2. The zero-order valence-electron chi connectivity index (χ0n) is 14.1. The standard InChI is InChI=1S/C19H19Cl2N3O.ClH/c20-11-13-24(14-12-21)18-22-17(25)19(23-18,15-7-3-1-4-8-15)16-9-5-2-6-10-16;/h1-10H,11-14H2,(H,22,23,25);1H. The quantitative estimate of drug-likeness (QED) is 0.737. The average Bonchev–Trinajstić information content (AvgIpc) is 3.01. The molecule has 0 atom stereocenters. The molecule has 0 spiro atoms. The molecule has 138 valence electrons. The van der Waals surface area contributed by atoms with Gasteiger partial charge in [0.05, 0.1) is 0 Å². The fraction of sp³-hybridized carbons (Fsp3) is 0.263. The lowest BCUT2D eigenvalue weighted by Crippen LogP contribution is -2.44. The van der Waals surface area contributed by atoms with Gasteiger partial charge in [0, 0.05) is 24.8 Å². The van der Waals surface area contributed by atoms with Crippen LogP contribution >= 0.6 is 35.6 Å². The van der Waals surface area contributed by atoms with E-state index in [1.54, 1.807) is 0 Å². The average molecular weight is 413 g/mol. The Bertz CT molecular complexity index is 708. The Morgan fingerprint density at radius 2 is 1.35 bits per heavy atom. The van der Waals surface area contributed by atoms with E-state index >= 15 is 0 Å². The van der Waals surface area contributed by atoms with Gasteiger partial charge in [0.1, 0.15) is 0 Å². The molecule has 0 bridgehead atoms. The zero-order chi connectivity index (χ0) is 17.7. The highest BCUT2D eigenvalue weighted by atomic mass is 35.5. The number of amides is 1. The van der Waals surface area contributed by atoms with Gasteiger partial charge in [0.25, 0.3) is 5.91 Å². The number of aliphatic imine (C=N–C) groups is 1. The summed E-state index contributed by atoms with van der Waals surface area (Å²) in [6.07, 6.45) is 0. The van der Waals surface area contributed by atoms with Crippen LogP contribution < -0.4 is 5.32 Å². The van der Waals surface area contributed by atoms with Gasteiger partial charge in [-0.2, -0.15) is 0 Å². The monoisotopic (exact) mass is 411 g/mol. The third kappa shape index (κ3) is 3.83. The number of hydrogen-bond donors (Lipinski definition) is 1. The Morgan fingerprint density at radius 1 is 0.885 bits per heavy atom. The predicted molar refractivity (Wildman–Crippen MR) is 110 cm³/mol. The van der Waals surface area contributed by atoms with Crippen LogP contribution in [-0.2, 0) is 10.3 Å². The van der Waals surface area contributed by atoms with Gasteiger partial charge in [-0.25, -0.2) is 4.99 Å². The molecular formula is C19H20Cl3N3O. The van der Waals surface area contributed by atoms with Gasteiger partial charge in [-0.15, -0.1) is 35.6 Å². The minimum absolute atomic E-state index is 0. The molecule has 1 heterocycles. The topological polar surface area (TPSA) is 44.7 Å². The fourth-order valence-corrected chi connectivity index (χ4v) is 3.43. The summed E-state index contributed by atoms with van der Waals surface area (Å²) >= 11 is 11.8. The van der Waals surface area contributed by atoms with Crippen molar-refractivity contribution in [1.82, 2.24) is 10.2 Å². The maximum Gasteiger partial charge on any atom is 0.264 e. The maximum atomic E-state index is 13.1. The molecule has 1 aliphatic heterocycles. The molecule has 0 aliphatic carbocycles. The number of nitrogens with one attached hydrogen (secondary N) is 1. The Balaban J connectivity index is 0.00000243. The van der Waals surface area contributed by atoms with Crippen molar-refractivity contribution in [2.24, 2.45) is 4.99 Å². The summed E-state index contributed by atoms with van der Waals surface area (Å²) in [5.74, 6) is 1.19. The van der Waals surface area contributed by atoms with Crippen molar-refractivity contribution in [2.45, 2.75) is 5.54 Å². The molecule has 1 N–H and O–H groups in total. The van der Waals surface area contributed by atoms with Gasteiger partial charge < -0.3 is 4.90 Å². The molecule has 4 nitrogen and oxygen atoms in total. The van der Waals surface area contributed by atoms with Crippen LogP contribution in [0.1, 0.15) is 11.1 Å². The van der Waals surface area contributed by atoms with Gasteiger partial charge in [-0.3, -0.25) is 10.1 Å². The van der Waals surface area contributed by atoms with Crippen LogP contribution in [0.25, 0.3) is 0 Å². The van der Waals surface area contributed by atoms with Gasteiger partial charge >= 0.3 is 0 Å². The van der Waals surface area contributed by atoms with Crippen LogP contribution in [-0.4, -0.2) is 41.6 Å². The summed E-state index contributed by atoms with van der Waals surface area (Å²) in [7, 11) is 0. The number of benzene rings is 2. The van der Waals surface area contributed by atoms with E-state index < -0.39 is 5.54 Å². The molecule has 0 aromatic heterocycles. The zero-order valence-corrected chi connectivity index (χ0v) is 16.4. The SMILES string of the molecule is Cl.O=C1NC(N(CCCl)CCCl)=NC1(c1ccccc1)c1ccccc1. The van der Waals surface area contributed by atoms with Crippen LogP contribution in [0.3, 0.4) is 0 Å². The highest BCUT2D eigenvalue weighted by Crippen LogP contribution is 2.37. The second kappa shape index (κ2) is 9.26. The van der Waals surface area contributed by atoms with Crippen LogP contribution in [0, 0.1) is 0 Å². The summed E-state index contributed by atoms with van der Waals surface area (Å²) < 4.78 is 0. The second-order valence-electron chi connectivity index (χ2n) is 5.70. The summed E-state index contributed by atoms with van der Waals surface area (Å²) in [4.78, 5) is 19.9. The number of carbonyl (C=O) groups excluding carboxylic acids is 1. The number of hydrogen-bond acceptors (Lipinski definition) is 3. The molecule has 0 unspecified atom stereocenters. The van der Waals surface area contributed by atoms with Crippen LogP contribution in [0.4, 0.5) is 0 Å². The van der Waals surface area contributed by atoms with E-state index in [-0.39, 0.29) is 18.3 Å². The normalized spacial score (nSPS) is 15.0. The Hall–Kier alpha value is -1.75. The Morgan fingerprint density at radius 3 is 1.77 bits per heavy atom. The molecule has 3 rings (SSSR count). The molecule has 7 heteroatoms. The minimum Gasteiger partial charge on any atom is -0.340 e. The Kier molecular flexibility index (Phi) is 7.33. The van der Waals surface area contributed by atoms with Crippen molar-refractivity contribution in [2.75, 3.05) is 24.8 Å². The first-order valence-corrected chi connectivity index (χ1v) is 9.18. The van der Waals surface area contributed by atoms with Gasteiger partial charge in [-0.1, -0.05) is 60.7 Å². The Labute approximate surface area is 169 Å². The molecule has 0 fully saturated rings. The van der Waals surface area contributed by atoms with Gasteiger partial charge in [0.15, 0.2) is 5.54 Å². The molecule has 0 radical (unpaired) electrons. The number of nitrogens with zero attached hydrogens (tertiary/aromatic N) is 2. The molecule has 26 heavy (non-hydrogen) atoms. The lowest BCUT2D eigenvalue weighted by molar-refractivity contribution is -0.122. The molecule has 0 saturated heterocycles. The molecule has 2 aromatic carbocycles. The van der Waals surface area contributed by atoms with Crippen molar-refractivity contribution in [1.29, 1.82) is 0 Å². The number of alkyl halides is 2. The first-order valence-electron chi connectivity index (χ1n) is 8.11. The van der Waals surface area contributed by atoms with Crippen LogP contribution in [0.2, 0.25) is 0 Å². The third-order valence-electron chi connectivity index (χ3n) is 4.22.